The summed E-state index contributed by atoms with van der Waals surface area (Å²) >= 11 is 3.26. The summed E-state index contributed by atoms with van der Waals surface area (Å²) in [6.45, 7) is 5.70. The molecule has 0 spiro atoms. The fourth-order valence-electron chi connectivity index (χ4n) is 4.57. The van der Waals surface area contributed by atoms with E-state index in [1.165, 1.54) is 12.3 Å². The molecule has 3 aromatic carbocycles. The molecule has 1 aliphatic heterocycles. The molecule has 0 radical (unpaired) electrons. The lowest BCUT2D eigenvalue weighted by Crippen LogP contribution is -2.32. The third-order valence-electron chi connectivity index (χ3n) is 6.43. The van der Waals surface area contributed by atoms with Crippen LogP contribution in [0.2, 0.25) is 0 Å². The van der Waals surface area contributed by atoms with Crippen molar-refractivity contribution in [1.82, 2.24) is 9.78 Å². The second-order valence-corrected chi connectivity index (χ2v) is 10.0. The molecule has 7 nitrogen and oxygen atoms in total. The van der Waals surface area contributed by atoms with Gasteiger partial charge >= 0.3 is 0 Å². The Morgan fingerprint density at radius 2 is 1.74 bits per heavy atom. The number of halogens is 2. The van der Waals surface area contributed by atoms with Crippen LogP contribution in [0.15, 0.2) is 88.7 Å². The lowest BCUT2D eigenvalue weighted by atomic mass is 9.94. The highest BCUT2D eigenvalue weighted by Gasteiger charge is 2.35. The van der Waals surface area contributed by atoms with Gasteiger partial charge in [-0.2, -0.15) is 5.10 Å². The third-order valence-corrected chi connectivity index (χ3v) is 7.04. The monoisotopic (exact) mass is 573 g/mol. The second-order valence-electron chi connectivity index (χ2n) is 9.18. The number of benzene rings is 3. The Labute approximate surface area is 227 Å². The number of allylic oxidation sites excluding steroid dienone is 1. The lowest BCUT2D eigenvalue weighted by Gasteiger charge is -2.30. The summed E-state index contributed by atoms with van der Waals surface area (Å²) in [5, 5.41) is 13.6. The number of rotatable bonds is 5. The van der Waals surface area contributed by atoms with Crippen molar-refractivity contribution in [3.8, 4) is 0 Å². The predicted octanol–water partition coefficient (Wildman–Crippen LogP) is 6.58. The van der Waals surface area contributed by atoms with E-state index in [0.29, 0.717) is 39.6 Å². The first-order valence-corrected chi connectivity index (χ1v) is 12.8. The molecule has 0 aliphatic carbocycles. The first kappa shape index (κ1) is 25.4. The fraction of sp³-hybridized carbons (Fsp3) is 0.138. The summed E-state index contributed by atoms with van der Waals surface area (Å²) in [6, 6.07) is 18.8. The van der Waals surface area contributed by atoms with Gasteiger partial charge in [-0.1, -0.05) is 42.0 Å². The van der Waals surface area contributed by atoms with E-state index in [2.05, 4.69) is 37.0 Å². The van der Waals surface area contributed by atoms with Gasteiger partial charge in [-0.05, 0) is 78.2 Å². The van der Waals surface area contributed by atoms with Crippen LogP contribution in [0.3, 0.4) is 0 Å². The number of fused-ring (bicyclic) bond motifs is 1. The fourth-order valence-corrected chi connectivity index (χ4v) is 4.97. The molecule has 0 saturated carbocycles. The number of para-hydroxylation sites is 1. The highest BCUT2D eigenvalue weighted by molar-refractivity contribution is 9.10. The Bertz CT molecular complexity index is 1600. The normalized spacial score (nSPS) is 14.5. The summed E-state index contributed by atoms with van der Waals surface area (Å²) in [4.78, 5) is 26.9. The largest absolute Gasteiger partial charge is 0.343 e. The van der Waals surface area contributed by atoms with Crippen molar-refractivity contribution in [2.45, 2.75) is 26.8 Å². The second kappa shape index (κ2) is 10.3. The van der Waals surface area contributed by atoms with Gasteiger partial charge in [0.25, 0.3) is 11.8 Å². The summed E-state index contributed by atoms with van der Waals surface area (Å²) < 4.78 is 16.0. The van der Waals surface area contributed by atoms with Crippen LogP contribution in [0.1, 0.15) is 40.0 Å². The molecule has 2 amide bonds. The maximum Gasteiger partial charge on any atom is 0.261 e. The Hall–Kier alpha value is -4.24. The van der Waals surface area contributed by atoms with Crippen LogP contribution in [0.5, 0.6) is 0 Å². The molecule has 192 valence electrons. The zero-order chi connectivity index (χ0) is 27.0. The van der Waals surface area contributed by atoms with Crippen molar-refractivity contribution in [1.29, 1.82) is 0 Å². The van der Waals surface area contributed by atoms with E-state index in [9.17, 15) is 14.0 Å². The van der Waals surface area contributed by atoms with Crippen molar-refractivity contribution in [3.63, 3.8) is 0 Å². The number of aromatic nitrogens is 2. The summed E-state index contributed by atoms with van der Waals surface area (Å²) in [7, 11) is 0. The number of anilines is 3. The van der Waals surface area contributed by atoms with Crippen molar-refractivity contribution in [3.05, 3.63) is 117 Å². The van der Waals surface area contributed by atoms with Gasteiger partial charge in [-0.15, -0.1) is 0 Å². The van der Waals surface area contributed by atoms with Crippen molar-refractivity contribution in [2.24, 2.45) is 0 Å². The molecule has 1 aromatic heterocycles. The number of carbonyl (C=O) groups is 2. The molecule has 0 bridgehead atoms. The van der Waals surface area contributed by atoms with Crippen LogP contribution in [-0.4, -0.2) is 21.6 Å². The summed E-state index contributed by atoms with van der Waals surface area (Å²) in [6.07, 6.45) is 1.46. The maximum absolute atomic E-state index is 14.1. The predicted molar refractivity (Wildman–Crippen MR) is 150 cm³/mol. The molecule has 0 saturated heterocycles. The van der Waals surface area contributed by atoms with E-state index in [-0.39, 0.29) is 16.3 Å². The molecule has 4 aromatic rings. The van der Waals surface area contributed by atoms with Crippen LogP contribution in [0.25, 0.3) is 0 Å². The number of aryl methyl sites for hydroxylation is 2. The first-order chi connectivity index (χ1) is 18.2. The van der Waals surface area contributed by atoms with Crippen LogP contribution in [0, 0.1) is 19.7 Å². The van der Waals surface area contributed by atoms with Crippen LogP contribution in [0.4, 0.5) is 21.6 Å². The minimum atomic E-state index is -0.716. The van der Waals surface area contributed by atoms with Gasteiger partial charge in [0.05, 0.1) is 16.2 Å². The highest BCUT2D eigenvalue weighted by atomic mass is 79.9. The zero-order valence-corrected chi connectivity index (χ0v) is 22.6. The molecule has 3 N–H and O–H groups in total. The van der Waals surface area contributed by atoms with Crippen molar-refractivity contribution >= 4 is 44.9 Å². The summed E-state index contributed by atoms with van der Waals surface area (Å²) in [5.41, 5.74) is 5.25. The Morgan fingerprint density at radius 1 is 0.974 bits per heavy atom. The average molecular weight is 574 g/mol. The van der Waals surface area contributed by atoms with Gasteiger partial charge in [0.15, 0.2) is 0 Å². The standard InChI is InChI=1S/C29H25BrFN5O2/c1-16-9-12-24(17(2)13-16)35-29(38)25-18(3)33-27-21(28(37)34-20-7-5-4-6-8-20)15-32-36(27)26(25)19-10-11-23(31)22(30)14-19/h4-15,26,33H,1-3H3,(H,34,37)(H,35,38)/t26-/m0/s1. The molecule has 1 aliphatic rings. The molecule has 9 heteroatoms. The quantitative estimate of drug-likeness (QED) is 0.251. The maximum atomic E-state index is 14.1. The smallest absolute Gasteiger partial charge is 0.261 e. The number of nitrogens with one attached hydrogen (secondary N) is 3. The van der Waals surface area contributed by atoms with Gasteiger partial charge in [0.2, 0.25) is 0 Å². The van der Waals surface area contributed by atoms with Crippen molar-refractivity contribution in [2.75, 3.05) is 16.0 Å². The minimum Gasteiger partial charge on any atom is -0.343 e. The number of hydrogen-bond donors (Lipinski definition) is 3. The van der Waals surface area contributed by atoms with Crippen LogP contribution in [-0.2, 0) is 4.79 Å². The minimum absolute atomic E-state index is 0.260. The highest BCUT2D eigenvalue weighted by Crippen LogP contribution is 2.39. The molecule has 5 rings (SSSR count). The van der Waals surface area contributed by atoms with E-state index in [4.69, 9.17) is 0 Å². The van der Waals surface area contributed by atoms with Crippen LogP contribution >= 0.6 is 15.9 Å². The van der Waals surface area contributed by atoms with E-state index in [0.717, 1.165) is 11.1 Å². The number of carbonyl (C=O) groups excluding carboxylic acids is 2. The molecule has 38 heavy (non-hydrogen) atoms. The van der Waals surface area contributed by atoms with E-state index >= 15 is 0 Å². The summed E-state index contributed by atoms with van der Waals surface area (Å²) in [5.74, 6) is -0.665. The number of hydrogen-bond acceptors (Lipinski definition) is 4. The zero-order valence-electron chi connectivity index (χ0n) is 21.0. The molecule has 0 unspecified atom stereocenters. The number of amides is 2. The Balaban J connectivity index is 1.57. The number of nitrogens with zero attached hydrogens (tertiary/aromatic N) is 2. The van der Waals surface area contributed by atoms with Gasteiger partial charge < -0.3 is 16.0 Å². The van der Waals surface area contributed by atoms with Crippen LogP contribution < -0.4 is 16.0 Å². The average Bonchev–Trinajstić information content (AvgIpc) is 3.30. The Morgan fingerprint density at radius 3 is 2.45 bits per heavy atom. The molecule has 2 heterocycles. The van der Waals surface area contributed by atoms with Gasteiger partial charge in [-0.3, -0.25) is 9.59 Å². The topological polar surface area (TPSA) is 88.0 Å². The van der Waals surface area contributed by atoms with E-state index in [1.54, 1.807) is 35.9 Å². The van der Waals surface area contributed by atoms with Gasteiger partial charge in [0, 0.05) is 17.1 Å². The third kappa shape index (κ3) is 4.84. The van der Waals surface area contributed by atoms with E-state index in [1.807, 2.05) is 50.2 Å². The molecular weight excluding hydrogens is 549 g/mol. The van der Waals surface area contributed by atoms with Gasteiger partial charge in [0.1, 0.15) is 23.2 Å². The SMILES string of the molecule is CC1=C(C(=O)Nc2ccc(C)cc2C)[C@H](c2ccc(F)c(Br)c2)n2ncc(C(=O)Nc3ccccc3)c2N1. The van der Waals surface area contributed by atoms with Gasteiger partial charge in [-0.25, -0.2) is 9.07 Å². The molecule has 0 fully saturated rings. The lowest BCUT2D eigenvalue weighted by molar-refractivity contribution is -0.113. The first-order valence-electron chi connectivity index (χ1n) is 12.0. The van der Waals surface area contributed by atoms with E-state index < -0.39 is 11.9 Å². The van der Waals surface area contributed by atoms with Crippen molar-refractivity contribution < 1.29 is 14.0 Å². The Kier molecular flexibility index (Phi) is 6.86. The molecule has 1 atom stereocenters. The molecular formula is C29H25BrFN5O2.